The number of thioether (sulfide) groups is 1. The lowest BCUT2D eigenvalue weighted by atomic mass is 9.94. The predicted octanol–water partition coefficient (Wildman–Crippen LogP) is 6.30. The second kappa shape index (κ2) is 14.2. The molecule has 0 bridgehead atoms. The number of hydrogen-bond donors (Lipinski definition) is 1. The molecule has 1 N–H and O–H groups in total. The van der Waals surface area contributed by atoms with E-state index in [4.69, 9.17) is 4.74 Å². The van der Waals surface area contributed by atoms with Gasteiger partial charge in [0.1, 0.15) is 11.0 Å². The Morgan fingerprint density at radius 3 is 2.40 bits per heavy atom. The van der Waals surface area contributed by atoms with Crippen LogP contribution in [-0.4, -0.2) is 48.2 Å². The first-order valence-electron chi connectivity index (χ1n) is 14.2. The summed E-state index contributed by atoms with van der Waals surface area (Å²) >= 11 is 1.07. The third kappa shape index (κ3) is 8.10. The minimum atomic E-state index is -4.01. The molecule has 2 amide bonds. The summed E-state index contributed by atoms with van der Waals surface area (Å²) in [4.78, 5) is 28.1. The number of carbonyl (C=O) groups is 2. The lowest BCUT2D eigenvalue weighted by Crippen LogP contribution is -2.42. The van der Waals surface area contributed by atoms with Gasteiger partial charge in [-0.05, 0) is 62.6 Å². The molecule has 1 unspecified atom stereocenters. The number of amides is 2. The van der Waals surface area contributed by atoms with Crippen LogP contribution in [0.2, 0.25) is 0 Å². The average Bonchev–Trinajstić information content (AvgIpc) is 3.23. The van der Waals surface area contributed by atoms with E-state index in [9.17, 15) is 18.0 Å². The molecular weight excluding hydrogens is 546 g/mol. The minimum Gasteiger partial charge on any atom is -0.494 e. The van der Waals surface area contributed by atoms with Crippen LogP contribution in [0.1, 0.15) is 76.7 Å². The molecule has 2 fully saturated rings. The number of ether oxygens (including phenoxy) is 1. The fourth-order valence-corrected chi connectivity index (χ4v) is 7.35. The van der Waals surface area contributed by atoms with Crippen LogP contribution < -0.4 is 10.1 Å². The van der Waals surface area contributed by atoms with E-state index < -0.39 is 15.3 Å². The van der Waals surface area contributed by atoms with Crippen LogP contribution in [0.5, 0.6) is 5.75 Å². The summed E-state index contributed by atoms with van der Waals surface area (Å²) < 4.78 is 36.1. The van der Waals surface area contributed by atoms with Gasteiger partial charge in [-0.2, -0.15) is 8.42 Å². The van der Waals surface area contributed by atoms with Crippen LogP contribution >= 0.6 is 11.8 Å². The molecule has 1 saturated heterocycles. The lowest BCUT2D eigenvalue weighted by molar-refractivity contribution is -0.130. The van der Waals surface area contributed by atoms with Gasteiger partial charge in [-0.25, -0.2) is 0 Å². The van der Waals surface area contributed by atoms with Crippen LogP contribution in [0, 0.1) is 6.92 Å². The molecule has 8 nitrogen and oxygen atoms in total. The summed E-state index contributed by atoms with van der Waals surface area (Å²) in [6.45, 7) is 4.71. The Kier molecular flexibility index (Phi) is 10.7. The van der Waals surface area contributed by atoms with Crippen molar-refractivity contribution in [3.8, 4) is 5.75 Å². The Hall–Kier alpha value is -2.85. The fraction of sp³-hybridized carbons (Fsp3) is 0.500. The molecule has 1 atom stereocenters. The van der Waals surface area contributed by atoms with Crippen LogP contribution in [0.3, 0.4) is 0 Å². The van der Waals surface area contributed by atoms with Gasteiger partial charge in [0.15, 0.2) is 5.17 Å². The van der Waals surface area contributed by atoms with Crippen molar-refractivity contribution < 1.29 is 22.7 Å². The van der Waals surface area contributed by atoms with Gasteiger partial charge in [-0.3, -0.25) is 14.5 Å². The van der Waals surface area contributed by atoms with Gasteiger partial charge < -0.3 is 10.1 Å². The van der Waals surface area contributed by atoms with Gasteiger partial charge in [0, 0.05) is 18.2 Å². The number of hydrogen-bond acceptors (Lipinski definition) is 6. The summed E-state index contributed by atoms with van der Waals surface area (Å²) in [6, 6.07) is 13.6. The van der Waals surface area contributed by atoms with Gasteiger partial charge in [0.05, 0.1) is 11.5 Å². The highest BCUT2D eigenvalue weighted by atomic mass is 32.2. The normalized spacial score (nSPS) is 19.2. The number of amidine groups is 1. The standard InChI is InChI=1S/C30H39N3O5S2/c1-3-4-5-9-20-38-25-16-14-23(15-17-25)31-28(34)21-27-29(35)33(24-10-7-6-8-11-24)30(39-27)32-40(36,37)26-18-12-22(2)13-19-26/h12-19,24,27H,3-11,20-21H2,1-2H3,(H,31,34)/b32-30-. The molecule has 0 spiro atoms. The second-order valence-corrected chi connectivity index (χ2v) is 13.2. The van der Waals surface area contributed by atoms with E-state index in [1.54, 1.807) is 29.2 Å². The molecule has 2 aliphatic rings. The molecule has 1 heterocycles. The SMILES string of the molecule is CCCCCCOc1ccc(NC(=O)CC2S/C(=N\S(=O)(=O)c3ccc(C)cc3)N(C3CCCCC3)C2=O)cc1. The maximum absolute atomic E-state index is 13.5. The van der Waals surface area contributed by atoms with Crippen LogP contribution in [0.25, 0.3) is 0 Å². The summed E-state index contributed by atoms with van der Waals surface area (Å²) in [6.07, 6.45) is 9.08. The first-order valence-corrected chi connectivity index (χ1v) is 16.5. The topological polar surface area (TPSA) is 105 Å². The molecule has 2 aromatic rings. The largest absolute Gasteiger partial charge is 0.494 e. The van der Waals surface area contributed by atoms with Crippen LogP contribution in [-0.2, 0) is 19.6 Å². The molecule has 40 heavy (non-hydrogen) atoms. The van der Waals surface area contributed by atoms with Crippen molar-refractivity contribution in [1.29, 1.82) is 0 Å². The number of carbonyl (C=O) groups excluding carboxylic acids is 2. The number of aryl methyl sites for hydroxylation is 1. The maximum Gasteiger partial charge on any atom is 0.284 e. The van der Waals surface area contributed by atoms with E-state index in [1.165, 1.54) is 25.0 Å². The Morgan fingerprint density at radius 1 is 1.02 bits per heavy atom. The zero-order chi connectivity index (χ0) is 28.5. The third-order valence-electron chi connectivity index (χ3n) is 7.20. The maximum atomic E-state index is 13.5. The van der Waals surface area contributed by atoms with Crippen molar-refractivity contribution in [1.82, 2.24) is 4.90 Å². The van der Waals surface area contributed by atoms with E-state index >= 15 is 0 Å². The van der Waals surface area contributed by atoms with Gasteiger partial charge >= 0.3 is 0 Å². The van der Waals surface area contributed by atoms with E-state index in [0.29, 0.717) is 12.3 Å². The molecule has 1 aliphatic carbocycles. The Morgan fingerprint density at radius 2 is 1.73 bits per heavy atom. The molecular formula is C30H39N3O5S2. The quantitative estimate of drug-likeness (QED) is 0.293. The van der Waals surface area contributed by atoms with Gasteiger partial charge in [-0.1, -0.05) is 74.9 Å². The third-order valence-corrected chi connectivity index (χ3v) is 9.75. The molecule has 1 aliphatic heterocycles. The van der Waals surface area contributed by atoms with E-state index in [0.717, 1.165) is 68.0 Å². The number of nitrogens with one attached hydrogen (secondary N) is 1. The average molecular weight is 586 g/mol. The highest BCUT2D eigenvalue weighted by Crippen LogP contribution is 2.36. The zero-order valence-corrected chi connectivity index (χ0v) is 24.9. The second-order valence-electron chi connectivity index (χ2n) is 10.5. The molecule has 4 rings (SSSR count). The number of rotatable bonds is 12. The first-order chi connectivity index (χ1) is 19.3. The Balaban J connectivity index is 1.42. The Bertz CT molecular complexity index is 1290. The van der Waals surface area contributed by atoms with E-state index in [1.807, 2.05) is 19.1 Å². The summed E-state index contributed by atoms with van der Waals surface area (Å²) in [5.41, 5.74) is 1.55. The minimum absolute atomic E-state index is 0.0774. The number of benzene rings is 2. The van der Waals surface area contributed by atoms with Crippen molar-refractivity contribution in [3.05, 3.63) is 54.1 Å². The number of sulfonamides is 1. The first kappa shape index (κ1) is 30.1. The smallest absolute Gasteiger partial charge is 0.284 e. The van der Waals surface area contributed by atoms with Gasteiger partial charge in [-0.15, -0.1) is 4.40 Å². The molecule has 0 radical (unpaired) electrons. The van der Waals surface area contributed by atoms with Gasteiger partial charge in [0.2, 0.25) is 11.8 Å². The predicted molar refractivity (Wildman–Crippen MR) is 160 cm³/mol. The summed E-state index contributed by atoms with van der Waals surface area (Å²) in [5.74, 6) is 0.178. The number of anilines is 1. The fourth-order valence-electron chi connectivity index (χ4n) is 4.95. The van der Waals surface area contributed by atoms with Crippen molar-refractivity contribution >= 4 is 44.5 Å². The molecule has 0 aromatic heterocycles. The van der Waals surface area contributed by atoms with E-state index in [-0.39, 0.29) is 34.3 Å². The monoisotopic (exact) mass is 585 g/mol. The molecule has 216 valence electrons. The highest BCUT2D eigenvalue weighted by molar-refractivity contribution is 8.16. The van der Waals surface area contributed by atoms with Crippen molar-refractivity contribution in [2.24, 2.45) is 4.40 Å². The van der Waals surface area contributed by atoms with Crippen molar-refractivity contribution in [3.63, 3.8) is 0 Å². The lowest BCUT2D eigenvalue weighted by Gasteiger charge is -2.30. The molecule has 2 aromatic carbocycles. The zero-order valence-electron chi connectivity index (χ0n) is 23.3. The number of nitrogens with zero attached hydrogens (tertiary/aromatic N) is 2. The van der Waals surface area contributed by atoms with E-state index in [2.05, 4.69) is 16.6 Å². The molecule has 10 heteroatoms. The van der Waals surface area contributed by atoms with Crippen molar-refractivity contribution in [2.45, 2.75) is 94.2 Å². The molecule has 1 saturated carbocycles. The van der Waals surface area contributed by atoms with Crippen LogP contribution in [0.15, 0.2) is 57.8 Å². The van der Waals surface area contributed by atoms with Gasteiger partial charge in [0.25, 0.3) is 10.0 Å². The highest BCUT2D eigenvalue weighted by Gasteiger charge is 2.43. The summed E-state index contributed by atoms with van der Waals surface area (Å²) in [5, 5.41) is 2.28. The van der Waals surface area contributed by atoms with Crippen LogP contribution in [0.4, 0.5) is 5.69 Å². The van der Waals surface area contributed by atoms with Crippen molar-refractivity contribution in [2.75, 3.05) is 11.9 Å². The Labute approximate surface area is 242 Å². The summed E-state index contributed by atoms with van der Waals surface area (Å²) in [7, 11) is -4.01. The number of unbranched alkanes of at least 4 members (excludes halogenated alkanes) is 3.